The van der Waals surface area contributed by atoms with Crippen LogP contribution in [0.25, 0.3) is 10.9 Å². The Labute approximate surface area is 158 Å². The Bertz CT molecular complexity index is 942. The molecule has 0 unspecified atom stereocenters. The number of benzene rings is 2. The zero-order chi connectivity index (χ0) is 18.9. The first-order valence-corrected chi connectivity index (χ1v) is 8.82. The first-order valence-electron chi connectivity index (χ1n) is 8.45. The van der Waals surface area contributed by atoms with Crippen LogP contribution >= 0.6 is 11.6 Å². The molecular formula is C21H22ClNO3. The molecule has 1 aromatic heterocycles. The van der Waals surface area contributed by atoms with Crippen molar-refractivity contribution in [3.05, 3.63) is 64.8 Å². The second-order valence-corrected chi connectivity index (χ2v) is 7.55. The van der Waals surface area contributed by atoms with Gasteiger partial charge in [-0.15, -0.1) is 0 Å². The van der Waals surface area contributed by atoms with E-state index in [9.17, 15) is 9.90 Å². The molecule has 0 saturated carbocycles. The van der Waals surface area contributed by atoms with Gasteiger partial charge in [0.25, 0.3) is 0 Å². The van der Waals surface area contributed by atoms with Crippen LogP contribution in [0.1, 0.15) is 25.1 Å². The molecule has 3 rings (SSSR count). The fraction of sp³-hybridized carbons (Fsp3) is 0.286. The lowest BCUT2D eigenvalue weighted by Gasteiger charge is -2.22. The second-order valence-electron chi connectivity index (χ2n) is 7.11. The van der Waals surface area contributed by atoms with Crippen molar-refractivity contribution in [2.75, 3.05) is 7.11 Å². The number of aromatic nitrogens is 1. The molecule has 0 radical (unpaired) electrons. The van der Waals surface area contributed by atoms with Gasteiger partial charge in [0.15, 0.2) is 0 Å². The van der Waals surface area contributed by atoms with Gasteiger partial charge >= 0.3 is 5.97 Å². The molecule has 0 saturated heterocycles. The van der Waals surface area contributed by atoms with E-state index in [-0.39, 0.29) is 11.7 Å². The van der Waals surface area contributed by atoms with Gasteiger partial charge in [-0.05, 0) is 49.7 Å². The average molecular weight is 372 g/mol. The Morgan fingerprint density at radius 2 is 1.88 bits per heavy atom. The summed E-state index contributed by atoms with van der Waals surface area (Å²) in [6.45, 7) is 4.35. The molecular weight excluding hydrogens is 350 g/mol. The van der Waals surface area contributed by atoms with Gasteiger partial charge in [0, 0.05) is 29.1 Å². The number of phenols is 1. The molecule has 2 aromatic carbocycles. The van der Waals surface area contributed by atoms with Crippen molar-refractivity contribution in [1.82, 2.24) is 4.57 Å². The number of phenolic OH excluding ortho intramolecular Hbond substituents is 1. The zero-order valence-corrected chi connectivity index (χ0v) is 15.9. The van der Waals surface area contributed by atoms with E-state index in [1.54, 1.807) is 6.07 Å². The van der Waals surface area contributed by atoms with Gasteiger partial charge in [0.1, 0.15) is 5.75 Å². The van der Waals surface area contributed by atoms with E-state index in [0.717, 1.165) is 22.2 Å². The van der Waals surface area contributed by atoms with Gasteiger partial charge in [0.05, 0.1) is 18.0 Å². The van der Waals surface area contributed by atoms with E-state index in [2.05, 4.69) is 4.57 Å². The molecule has 1 N–H and O–H groups in total. The Hall–Kier alpha value is -2.46. The van der Waals surface area contributed by atoms with Gasteiger partial charge < -0.3 is 14.4 Å². The highest BCUT2D eigenvalue weighted by atomic mass is 35.5. The van der Waals surface area contributed by atoms with Crippen molar-refractivity contribution >= 4 is 28.5 Å². The van der Waals surface area contributed by atoms with Crippen molar-refractivity contribution in [3.63, 3.8) is 0 Å². The summed E-state index contributed by atoms with van der Waals surface area (Å²) in [5.41, 5.74) is 2.31. The predicted molar refractivity (Wildman–Crippen MR) is 104 cm³/mol. The lowest BCUT2D eigenvalue weighted by Crippen LogP contribution is -2.29. The minimum absolute atomic E-state index is 0.231. The number of rotatable bonds is 5. The maximum Gasteiger partial charge on any atom is 0.311 e. The topological polar surface area (TPSA) is 51.5 Å². The number of hydrogen-bond acceptors (Lipinski definition) is 3. The quantitative estimate of drug-likeness (QED) is 0.656. The molecule has 0 spiro atoms. The number of aromatic hydroxyl groups is 1. The highest BCUT2D eigenvalue weighted by Gasteiger charge is 2.30. The van der Waals surface area contributed by atoms with Gasteiger partial charge in [-0.2, -0.15) is 0 Å². The maximum absolute atomic E-state index is 12.1. The van der Waals surface area contributed by atoms with Crippen LogP contribution in [0.2, 0.25) is 5.02 Å². The third-order valence-corrected chi connectivity index (χ3v) is 4.88. The number of ether oxygens (including phenoxy) is 1. The zero-order valence-electron chi connectivity index (χ0n) is 15.1. The standard InChI is InChI=1S/C21H22ClNO3/c1-21(2,20(25)26-3)12-16-11-17-18(5-4-6-19(17)24)23(16)13-14-7-9-15(22)10-8-14/h4-11,24H,12-13H2,1-3H3. The summed E-state index contributed by atoms with van der Waals surface area (Å²) in [5.74, 6) is -0.0282. The molecule has 0 bridgehead atoms. The minimum Gasteiger partial charge on any atom is -0.507 e. The van der Waals surface area contributed by atoms with E-state index in [1.807, 2.05) is 56.3 Å². The highest BCUT2D eigenvalue weighted by molar-refractivity contribution is 6.30. The van der Waals surface area contributed by atoms with Gasteiger partial charge in [0.2, 0.25) is 0 Å². The third kappa shape index (κ3) is 3.56. The molecule has 0 aliphatic heterocycles. The lowest BCUT2D eigenvalue weighted by molar-refractivity contribution is -0.150. The summed E-state index contributed by atoms with van der Waals surface area (Å²) >= 11 is 5.99. The summed E-state index contributed by atoms with van der Waals surface area (Å²) in [6, 6.07) is 15.1. The molecule has 0 aliphatic carbocycles. The van der Waals surface area contributed by atoms with E-state index >= 15 is 0 Å². The van der Waals surface area contributed by atoms with Gasteiger partial charge in [-0.25, -0.2) is 0 Å². The maximum atomic E-state index is 12.1. The highest BCUT2D eigenvalue weighted by Crippen LogP contribution is 2.32. The van der Waals surface area contributed by atoms with E-state index in [0.29, 0.717) is 18.0 Å². The molecule has 1 heterocycles. The summed E-state index contributed by atoms with van der Waals surface area (Å²) < 4.78 is 7.07. The van der Waals surface area contributed by atoms with Crippen LogP contribution in [-0.2, 0) is 22.5 Å². The number of methoxy groups -OCH3 is 1. The smallest absolute Gasteiger partial charge is 0.311 e. The van der Waals surface area contributed by atoms with Crippen molar-refractivity contribution in [2.24, 2.45) is 5.41 Å². The Morgan fingerprint density at radius 1 is 1.19 bits per heavy atom. The lowest BCUT2D eigenvalue weighted by atomic mass is 9.88. The van der Waals surface area contributed by atoms with Crippen LogP contribution in [0.4, 0.5) is 0 Å². The second kappa shape index (κ2) is 7.04. The van der Waals surface area contributed by atoms with Gasteiger partial charge in [-0.3, -0.25) is 4.79 Å². The molecule has 26 heavy (non-hydrogen) atoms. The fourth-order valence-corrected chi connectivity index (χ4v) is 3.36. The molecule has 3 aromatic rings. The van der Waals surface area contributed by atoms with Crippen LogP contribution in [0.15, 0.2) is 48.5 Å². The summed E-state index contributed by atoms with van der Waals surface area (Å²) in [6.07, 6.45) is 0.501. The molecule has 0 fully saturated rings. The number of fused-ring (bicyclic) bond motifs is 1. The molecule has 0 atom stereocenters. The largest absolute Gasteiger partial charge is 0.507 e. The first kappa shape index (κ1) is 18.3. The van der Waals surface area contributed by atoms with E-state index in [1.165, 1.54) is 7.11 Å². The third-order valence-electron chi connectivity index (χ3n) is 4.62. The molecule has 4 nitrogen and oxygen atoms in total. The number of hydrogen-bond donors (Lipinski definition) is 1. The molecule has 5 heteroatoms. The van der Waals surface area contributed by atoms with Crippen molar-refractivity contribution in [3.8, 4) is 5.75 Å². The SMILES string of the molecule is COC(=O)C(C)(C)Cc1cc2c(O)cccc2n1Cc1ccc(Cl)cc1. The number of nitrogens with zero attached hydrogens (tertiary/aromatic N) is 1. The summed E-state index contributed by atoms with van der Waals surface area (Å²) in [7, 11) is 1.40. The van der Waals surface area contributed by atoms with Crippen molar-refractivity contribution < 1.29 is 14.6 Å². The van der Waals surface area contributed by atoms with Crippen LogP contribution in [0.3, 0.4) is 0 Å². The first-order chi connectivity index (χ1) is 12.3. The molecule has 136 valence electrons. The molecule has 0 aliphatic rings. The average Bonchev–Trinajstić information content (AvgIpc) is 2.94. The van der Waals surface area contributed by atoms with Crippen LogP contribution in [0.5, 0.6) is 5.75 Å². The summed E-state index contributed by atoms with van der Waals surface area (Å²) in [4.78, 5) is 12.1. The Morgan fingerprint density at radius 3 is 2.54 bits per heavy atom. The Kier molecular flexibility index (Phi) is 4.97. The number of carbonyl (C=O) groups excluding carboxylic acids is 1. The fourth-order valence-electron chi connectivity index (χ4n) is 3.23. The minimum atomic E-state index is -0.670. The normalized spacial score (nSPS) is 11.7. The van der Waals surface area contributed by atoms with Crippen molar-refractivity contribution in [2.45, 2.75) is 26.8 Å². The monoisotopic (exact) mass is 371 g/mol. The molecule has 0 amide bonds. The van der Waals surface area contributed by atoms with E-state index < -0.39 is 5.41 Å². The van der Waals surface area contributed by atoms with E-state index in [4.69, 9.17) is 16.3 Å². The van der Waals surface area contributed by atoms with Crippen LogP contribution in [-0.4, -0.2) is 22.8 Å². The number of esters is 1. The number of halogens is 1. The summed E-state index contributed by atoms with van der Waals surface area (Å²) in [5, 5.41) is 11.7. The van der Waals surface area contributed by atoms with Crippen LogP contribution < -0.4 is 0 Å². The van der Waals surface area contributed by atoms with Crippen molar-refractivity contribution in [1.29, 1.82) is 0 Å². The number of carbonyl (C=O) groups is 1. The Balaban J connectivity index is 2.08. The predicted octanol–water partition coefficient (Wildman–Crippen LogP) is 4.79. The van der Waals surface area contributed by atoms with Crippen LogP contribution in [0, 0.1) is 5.41 Å². The van der Waals surface area contributed by atoms with Gasteiger partial charge in [-0.1, -0.05) is 29.8 Å².